The van der Waals surface area contributed by atoms with Gasteiger partial charge in [-0.2, -0.15) is 0 Å². The zero-order valence-electron chi connectivity index (χ0n) is 21.2. The molecule has 2 aromatic rings. The monoisotopic (exact) mass is 493 g/mol. The van der Waals surface area contributed by atoms with Gasteiger partial charge in [0.25, 0.3) is 0 Å². The molecular formula is C28H35N3O5. The number of esters is 1. The van der Waals surface area contributed by atoms with Crippen molar-refractivity contribution in [2.45, 2.75) is 70.4 Å². The Balaban J connectivity index is 1.32. The molecule has 0 unspecified atom stereocenters. The Morgan fingerprint density at radius 3 is 2.47 bits per heavy atom. The summed E-state index contributed by atoms with van der Waals surface area (Å²) in [7, 11) is 1.36. The SMILES string of the molecule is COC(=O)[C@H](CCCCNC(=O)OCc1ccccc1)N1C(=O)[C@@H]2Cc3ccccc3CN2C1(C)C. The first-order valence-corrected chi connectivity index (χ1v) is 12.5. The molecular weight excluding hydrogens is 458 g/mol. The third kappa shape index (κ3) is 5.38. The number of nitrogens with zero attached hydrogens (tertiary/aromatic N) is 2. The lowest BCUT2D eigenvalue weighted by Gasteiger charge is -2.42. The van der Waals surface area contributed by atoms with Crippen molar-refractivity contribution in [1.29, 1.82) is 0 Å². The predicted molar refractivity (Wildman–Crippen MR) is 135 cm³/mol. The number of benzene rings is 2. The topological polar surface area (TPSA) is 88.2 Å². The van der Waals surface area contributed by atoms with Gasteiger partial charge in [0.15, 0.2) is 0 Å². The Morgan fingerprint density at radius 2 is 1.75 bits per heavy atom. The first-order chi connectivity index (χ1) is 17.3. The molecule has 1 saturated heterocycles. The van der Waals surface area contributed by atoms with E-state index in [9.17, 15) is 14.4 Å². The van der Waals surface area contributed by atoms with E-state index in [-0.39, 0.29) is 18.6 Å². The maximum absolute atomic E-state index is 13.6. The highest BCUT2D eigenvalue weighted by atomic mass is 16.5. The summed E-state index contributed by atoms with van der Waals surface area (Å²) in [5.74, 6) is -0.448. The lowest BCUT2D eigenvalue weighted by Crippen LogP contribution is -2.56. The van der Waals surface area contributed by atoms with Crippen molar-refractivity contribution in [2.24, 2.45) is 0 Å². The van der Waals surface area contributed by atoms with Crippen LogP contribution in [0.1, 0.15) is 49.8 Å². The maximum Gasteiger partial charge on any atom is 0.407 e. The normalized spacial score (nSPS) is 19.2. The number of amides is 2. The third-order valence-electron chi connectivity index (χ3n) is 7.23. The van der Waals surface area contributed by atoms with E-state index in [1.807, 2.05) is 56.3 Å². The van der Waals surface area contributed by atoms with Crippen LogP contribution in [-0.2, 0) is 38.6 Å². The molecule has 4 rings (SSSR count). The fourth-order valence-electron chi connectivity index (χ4n) is 5.34. The minimum absolute atomic E-state index is 0.0347. The summed E-state index contributed by atoms with van der Waals surface area (Å²) >= 11 is 0. The zero-order valence-corrected chi connectivity index (χ0v) is 21.2. The van der Waals surface area contributed by atoms with E-state index in [4.69, 9.17) is 9.47 Å². The summed E-state index contributed by atoms with van der Waals surface area (Å²) in [5.41, 5.74) is 2.69. The molecule has 0 spiro atoms. The summed E-state index contributed by atoms with van der Waals surface area (Å²) in [4.78, 5) is 42.3. The van der Waals surface area contributed by atoms with E-state index in [0.717, 1.165) is 5.56 Å². The van der Waals surface area contributed by atoms with Crippen LogP contribution in [0, 0.1) is 0 Å². The number of nitrogens with one attached hydrogen (secondary N) is 1. The molecule has 2 heterocycles. The van der Waals surface area contributed by atoms with Crippen molar-refractivity contribution in [3.8, 4) is 0 Å². The van der Waals surface area contributed by atoms with Gasteiger partial charge < -0.3 is 19.7 Å². The van der Waals surface area contributed by atoms with Crippen LogP contribution in [-0.4, -0.2) is 59.2 Å². The minimum Gasteiger partial charge on any atom is -0.467 e. The van der Waals surface area contributed by atoms with Gasteiger partial charge in [0.05, 0.1) is 18.8 Å². The molecule has 0 radical (unpaired) electrons. The lowest BCUT2D eigenvalue weighted by molar-refractivity contribution is -0.156. The zero-order chi connectivity index (χ0) is 25.7. The van der Waals surface area contributed by atoms with E-state index in [2.05, 4.69) is 22.3 Å². The van der Waals surface area contributed by atoms with Crippen molar-refractivity contribution < 1.29 is 23.9 Å². The second-order valence-electron chi connectivity index (χ2n) is 9.84. The molecule has 0 aliphatic carbocycles. The molecule has 0 aromatic heterocycles. The Morgan fingerprint density at radius 1 is 1.06 bits per heavy atom. The highest BCUT2D eigenvalue weighted by Crippen LogP contribution is 2.40. The molecule has 1 fully saturated rings. The standard InChI is InChI=1S/C28H35N3O5/c1-28(2)30-18-22-14-8-7-13-21(22)17-24(30)25(32)31(28)23(26(33)35-3)15-9-10-16-29-27(34)36-19-20-11-5-4-6-12-20/h4-8,11-14,23-24H,9-10,15-19H2,1-3H3,(H,29,34)/t23-,24-/m0/s1. The van der Waals surface area contributed by atoms with E-state index >= 15 is 0 Å². The number of hydrogen-bond acceptors (Lipinski definition) is 6. The van der Waals surface area contributed by atoms with Gasteiger partial charge in [-0.3, -0.25) is 9.69 Å². The summed E-state index contributed by atoms with van der Waals surface area (Å²) in [5, 5.41) is 2.75. The number of ether oxygens (including phenoxy) is 2. The van der Waals surface area contributed by atoms with Gasteiger partial charge in [-0.15, -0.1) is 0 Å². The molecule has 2 atom stereocenters. The molecule has 2 aliphatic heterocycles. The molecule has 0 saturated carbocycles. The van der Waals surface area contributed by atoms with Crippen LogP contribution in [0.2, 0.25) is 0 Å². The van der Waals surface area contributed by atoms with Crippen LogP contribution in [0.5, 0.6) is 0 Å². The molecule has 2 aromatic carbocycles. The number of carbonyl (C=O) groups excluding carboxylic acids is 3. The lowest BCUT2D eigenvalue weighted by atomic mass is 9.94. The Hall–Kier alpha value is -3.39. The van der Waals surface area contributed by atoms with Gasteiger partial charge in [0, 0.05) is 13.1 Å². The number of unbranched alkanes of at least 4 members (excludes halogenated alkanes) is 1. The van der Waals surface area contributed by atoms with E-state index in [1.165, 1.54) is 18.2 Å². The minimum atomic E-state index is -0.684. The third-order valence-corrected chi connectivity index (χ3v) is 7.23. The van der Waals surface area contributed by atoms with E-state index in [0.29, 0.717) is 38.8 Å². The summed E-state index contributed by atoms with van der Waals surface area (Å²) in [6.07, 6.45) is 1.91. The molecule has 2 aliphatic rings. The van der Waals surface area contributed by atoms with Crippen molar-refractivity contribution in [3.05, 3.63) is 71.3 Å². The second-order valence-corrected chi connectivity index (χ2v) is 9.84. The first-order valence-electron chi connectivity index (χ1n) is 12.5. The quantitative estimate of drug-likeness (QED) is 0.424. The molecule has 192 valence electrons. The maximum atomic E-state index is 13.6. The number of carbonyl (C=O) groups is 3. The van der Waals surface area contributed by atoms with Crippen molar-refractivity contribution in [1.82, 2.24) is 15.1 Å². The summed E-state index contributed by atoms with van der Waals surface area (Å²) in [6.45, 7) is 5.30. The van der Waals surface area contributed by atoms with Gasteiger partial charge in [-0.05, 0) is 56.2 Å². The molecule has 8 heteroatoms. The average molecular weight is 494 g/mol. The molecule has 1 N–H and O–H groups in total. The number of methoxy groups -OCH3 is 1. The van der Waals surface area contributed by atoms with Crippen LogP contribution in [0.15, 0.2) is 54.6 Å². The fraction of sp³-hybridized carbons (Fsp3) is 0.464. The summed E-state index contributed by atoms with van der Waals surface area (Å²) in [6, 6.07) is 16.7. The Kier molecular flexibility index (Phi) is 7.94. The number of fused-ring (bicyclic) bond motifs is 2. The Labute approximate surface area is 212 Å². The molecule has 0 bridgehead atoms. The largest absolute Gasteiger partial charge is 0.467 e. The smallest absolute Gasteiger partial charge is 0.407 e. The Bertz CT molecular complexity index is 1090. The van der Waals surface area contributed by atoms with E-state index < -0.39 is 23.8 Å². The van der Waals surface area contributed by atoms with Crippen molar-refractivity contribution >= 4 is 18.0 Å². The summed E-state index contributed by atoms with van der Waals surface area (Å²) < 4.78 is 10.3. The number of rotatable bonds is 9. The van der Waals surface area contributed by atoms with Crippen LogP contribution < -0.4 is 5.32 Å². The van der Waals surface area contributed by atoms with Gasteiger partial charge in [0.1, 0.15) is 12.6 Å². The fourth-order valence-corrected chi connectivity index (χ4v) is 5.34. The van der Waals surface area contributed by atoms with Crippen molar-refractivity contribution in [2.75, 3.05) is 13.7 Å². The highest BCUT2D eigenvalue weighted by molar-refractivity contribution is 5.90. The van der Waals surface area contributed by atoms with Gasteiger partial charge >= 0.3 is 12.1 Å². The number of alkyl carbamates (subject to hydrolysis) is 1. The number of hydrogen-bond donors (Lipinski definition) is 1. The van der Waals surface area contributed by atoms with Crippen LogP contribution >= 0.6 is 0 Å². The average Bonchev–Trinajstić information content (AvgIpc) is 3.08. The van der Waals surface area contributed by atoms with Gasteiger partial charge in [-0.25, -0.2) is 9.59 Å². The van der Waals surface area contributed by atoms with Crippen LogP contribution in [0.25, 0.3) is 0 Å². The first kappa shape index (κ1) is 25.7. The second kappa shape index (κ2) is 11.1. The van der Waals surface area contributed by atoms with Crippen molar-refractivity contribution in [3.63, 3.8) is 0 Å². The van der Waals surface area contributed by atoms with Crippen LogP contribution in [0.3, 0.4) is 0 Å². The predicted octanol–water partition coefficient (Wildman–Crippen LogP) is 3.63. The van der Waals surface area contributed by atoms with Gasteiger partial charge in [-0.1, -0.05) is 54.6 Å². The molecule has 36 heavy (non-hydrogen) atoms. The highest BCUT2D eigenvalue weighted by Gasteiger charge is 2.56. The molecule has 2 amide bonds. The molecule has 8 nitrogen and oxygen atoms in total. The van der Waals surface area contributed by atoms with Gasteiger partial charge in [0.2, 0.25) is 5.91 Å². The van der Waals surface area contributed by atoms with Crippen LogP contribution in [0.4, 0.5) is 4.79 Å². The van der Waals surface area contributed by atoms with E-state index in [1.54, 1.807) is 4.90 Å².